The lowest BCUT2D eigenvalue weighted by atomic mass is 10.1. The molecule has 0 bridgehead atoms. The highest BCUT2D eigenvalue weighted by molar-refractivity contribution is 5.85. The average Bonchev–Trinajstić information content (AvgIpc) is 1.99. The summed E-state index contributed by atoms with van der Waals surface area (Å²) in [5.74, 6) is -2.37. The van der Waals surface area contributed by atoms with Crippen LogP contribution in [0.4, 0.5) is 0 Å². The van der Waals surface area contributed by atoms with Crippen LogP contribution >= 0.6 is 12.4 Å². The fraction of sp³-hybridized carbons (Fsp3) is 0.833. The van der Waals surface area contributed by atoms with Crippen molar-refractivity contribution in [2.75, 3.05) is 6.61 Å². The van der Waals surface area contributed by atoms with Crippen molar-refractivity contribution in [2.24, 2.45) is 0 Å². The molecule has 0 fully saturated rings. The minimum atomic E-state index is -2.37. The largest absolute Gasteiger partial charge is 0.393 e. The maximum atomic E-state index is 9.80. The molecule has 0 aliphatic heterocycles. The van der Waals surface area contributed by atoms with Crippen LogP contribution in [0.15, 0.2) is 0 Å². The zero-order valence-electron chi connectivity index (χ0n) is 6.38. The molecule has 1 atom stereocenters. The minimum Gasteiger partial charge on any atom is -0.393 e. The van der Waals surface area contributed by atoms with E-state index in [1.54, 1.807) is 0 Å². The summed E-state index contributed by atoms with van der Waals surface area (Å²) in [7, 11) is 0. The molecule has 12 heavy (non-hydrogen) atoms. The lowest BCUT2D eigenvalue weighted by molar-refractivity contribution is -0.235. The van der Waals surface area contributed by atoms with Gasteiger partial charge in [-0.1, -0.05) is 0 Å². The third-order valence-electron chi connectivity index (χ3n) is 1.34. The predicted molar refractivity (Wildman–Crippen MR) is 42.8 cm³/mol. The number of aliphatic hydroxyl groups is 4. The van der Waals surface area contributed by atoms with Gasteiger partial charge in [0.25, 0.3) is 0 Å². The van der Waals surface area contributed by atoms with Crippen molar-refractivity contribution in [3.63, 3.8) is 0 Å². The maximum Gasteiger partial charge on any atom is 0.192 e. The van der Waals surface area contributed by atoms with E-state index in [2.05, 4.69) is 0 Å². The Balaban J connectivity index is 0. The molecular weight excluding hydrogens is 188 g/mol. The van der Waals surface area contributed by atoms with E-state index in [0.29, 0.717) is 6.29 Å². The summed E-state index contributed by atoms with van der Waals surface area (Å²) in [4.78, 5) is 9.80. The van der Waals surface area contributed by atoms with Gasteiger partial charge in [0.05, 0.1) is 6.61 Å². The van der Waals surface area contributed by atoms with E-state index in [0.717, 1.165) is 0 Å². The third kappa shape index (κ3) is 4.63. The number of rotatable bonds is 5. The monoisotopic (exact) mass is 200 g/mol. The van der Waals surface area contributed by atoms with E-state index >= 15 is 0 Å². The molecule has 0 aromatic heterocycles. The molecule has 0 amide bonds. The van der Waals surface area contributed by atoms with Gasteiger partial charge in [0.2, 0.25) is 0 Å². The molecule has 5 nitrogen and oxygen atoms in total. The fourth-order valence-electron chi connectivity index (χ4n) is 0.584. The van der Waals surface area contributed by atoms with E-state index in [4.69, 9.17) is 20.4 Å². The molecule has 4 N–H and O–H groups in total. The van der Waals surface area contributed by atoms with Gasteiger partial charge in [-0.3, -0.25) is 0 Å². The number of halogens is 1. The Bertz CT molecular complexity index is 127. The number of carbonyl (C=O) groups is 1. The summed E-state index contributed by atoms with van der Waals surface area (Å²) >= 11 is 0. The second kappa shape index (κ2) is 6.33. The zero-order valence-corrected chi connectivity index (χ0v) is 7.20. The predicted octanol–water partition coefficient (Wildman–Crippen LogP) is -1.58. The second-order valence-corrected chi connectivity index (χ2v) is 2.28. The Morgan fingerprint density at radius 3 is 2.25 bits per heavy atom. The number of hydrogen-bond acceptors (Lipinski definition) is 5. The molecule has 0 aliphatic carbocycles. The van der Waals surface area contributed by atoms with Crippen molar-refractivity contribution in [3.05, 3.63) is 0 Å². The summed E-state index contributed by atoms with van der Waals surface area (Å²) in [6.07, 6.45) is -1.46. The van der Waals surface area contributed by atoms with Gasteiger partial charge in [0, 0.05) is 12.8 Å². The highest BCUT2D eigenvalue weighted by Crippen LogP contribution is 2.12. The van der Waals surface area contributed by atoms with Crippen LogP contribution in [0.3, 0.4) is 0 Å². The van der Waals surface area contributed by atoms with E-state index in [-0.39, 0.29) is 25.2 Å². The minimum absolute atomic E-state index is 0. The van der Waals surface area contributed by atoms with E-state index in [9.17, 15) is 4.79 Å². The molecule has 0 spiro atoms. The third-order valence-corrected chi connectivity index (χ3v) is 1.34. The molecule has 0 saturated carbocycles. The molecule has 0 aromatic carbocycles. The van der Waals surface area contributed by atoms with Gasteiger partial charge in [-0.25, -0.2) is 0 Å². The highest BCUT2D eigenvalue weighted by atomic mass is 35.5. The molecular formula is C6H13ClO5. The number of aldehydes is 1. The van der Waals surface area contributed by atoms with Crippen molar-refractivity contribution in [1.82, 2.24) is 0 Å². The van der Waals surface area contributed by atoms with Gasteiger partial charge in [-0.05, 0) is 0 Å². The first kappa shape index (κ1) is 14.3. The molecule has 0 aromatic rings. The summed E-state index contributed by atoms with van der Waals surface area (Å²) in [6, 6.07) is 0. The standard InChI is InChI=1S/C6H12O5.ClH/c7-3-1-2-6(10,11)5(9)4-8;/h3,5,8-11H,1-2,4H2;1H. The van der Waals surface area contributed by atoms with E-state index in [1.807, 2.05) is 0 Å². The topological polar surface area (TPSA) is 98.0 Å². The van der Waals surface area contributed by atoms with Gasteiger partial charge < -0.3 is 25.2 Å². The second-order valence-electron chi connectivity index (χ2n) is 2.28. The molecule has 1 unspecified atom stereocenters. The van der Waals surface area contributed by atoms with Crippen LogP contribution < -0.4 is 0 Å². The van der Waals surface area contributed by atoms with Gasteiger partial charge in [0.1, 0.15) is 12.4 Å². The Hall–Kier alpha value is -0.200. The molecule has 0 aliphatic rings. The van der Waals surface area contributed by atoms with Gasteiger partial charge >= 0.3 is 0 Å². The first-order valence-electron chi connectivity index (χ1n) is 3.22. The van der Waals surface area contributed by atoms with Crippen LogP contribution in [0, 0.1) is 0 Å². The first-order chi connectivity index (χ1) is 5.04. The quantitative estimate of drug-likeness (QED) is 0.317. The fourth-order valence-corrected chi connectivity index (χ4v) is 0.584. The van der Waals surface area contributed by atoms with Crippen LogP contribution in [0.25, 0.3) is 0 Å². The molecule has 0 heterocycles. The lowest BCUT2D eigenvalue weighted by Gasteiger charge is -2.24. The smallest absolute Gasteiger partial charge is 0.192 e. The zero-order chi connectivity index (χ0) is 8.91. The van der Waals surface area contributed by atoms with Crippen LogP contribution in [0.1, 0.15) is 12.8 Å². The maximum absolute atomic E-state index is 9.80. The Morgan fingerprint density at radius 2 is 1.92 bits per heavy atom. The van der Waals surface area contributed by atoms with Crippen molar-refractivity contribution in [3.8, 4) is 0 Å². The van der Waals surface area contributed by atoms with E-state index < -0.39 is 18.5 Å². The van der Waals surface area contributed by atoms with Gasteiger partial charge in [0.15, 0.2) is 5.79 Å². The summed E-state index contributed by atoms with van der Waals surface area (Å²) in [5.41, 5.74) is 0. The lowest BCUT2D eigenvalue weighted by Crippen LogP contribution is -2.44. The van der Waals surface area contributed by atoms with Crippen molar-refractivity contribution in [2.45, 2.75) is 24.7 Å². The molecule has 0 rings (SSSR count). The van der Waals surface area contributed by atoms with Gasteiger partial charge in [-0.2, -0.15) is 0 Å². The van der Waals surface area contributed by atoms with Crippen LogP contribution in [0.2, 0.25) is 0 Å². The summed E-state index contributed by atoms with van der Waals surface area (Å²) < 4.78 is 0. The summed E-state index contributed by atoms with van der Waals surface area (Å²) in [5, 5.41) is 34.9. The Labute approximate surface area is 76.1 Å². The van der Waals surface area contributed by atoms with Crippen molar-refractivity contribution >= 4 is 18.7 Å². The molecule has 0 saturated heterocycles. The SMILES string of the molecule is Cl.O=CCCC(O)(O)C(O)CO. The number of carbonyl (C=O) groups excluding carboxylic acids is 1. The molecule has 74 valence electrons. The van der Waals surface area contributed by atoms with E-state index in [1.165, 1.54) is 0 Å². The number of aliphatic hydroxyl groups excluding tert-OH is 2. The average molecular weight is 201 g/mol. The van der Waals surface area contributed by atoms with Crippen LogP contribution in [-0.2, 0) is 4.79 Å². The van der Waals surface area contributed by atoms with Gasteiger partial charge in [-0.15, -0.1) is 12.4 Å². The van der Waals surface area contributed by atoms with Crippen molar-refractivity contribution < 1.29 is 25.2 Å². The Morgan fingerprint density at radius 1 is 1.42 bits per heavy atom. The number of hydrogen-bond donors (Lipinski definition) is 4. The van der Waals surface area contributed by atoms with Crippen LogP contribution in [0.5, 0.6) is 0 Å². The van der Waals surface area contributed by atoms with Crippen molar-refractivity contribution in [1.29, 1.82) is 0 Å². The normalized spacial score (nSPS) is 13.3. The van der Waals surface area contributed by atoms with Crippen LogP contribution in [-0.4, -0.2) is 45.2 Å². The summed E-state index contributed by atoms with van der Waals surface area (Å²) in [6.45, 7) is -0.744. The molecule has 0 radical (unpaired) electrons. The molecule has 6 heteroatoms. The Kier molecular flexibility index (Phi) is 7.56. The highest BCUT2D eigenvalue weighted by Gasteiger charge is 2.31. The first-order valence-corrected chi connectivity index (χ1v) is 3.22.